The highest BCUT2D eigenvalue weighted by Crippen LogP contribution is 1.83. The van der Waals surface area contributed by atoms with Crippen LogP contribution in [0.25, 0.3) is 0 Å². The molecule has 0 spiro atoms. The zero-order valence-corrected chi connectivity index (χ0v) is 7.14. The van der Waals surface area contributed by atoms with E-state index in [4.69, 9.17) is 10.8 Å². The Morgan fingerprint density at radius 2 is 2.08 bits per heavy atom. The van der Waals surface area contributed by atoms with Gasteiger partial charge in [0.05, 0.1) is 0 Å². The Balaban J connectivity index is 4.06. The van der Waals surface area contributed by atoms with E-state index in [0.717, 1.165) is 6.92 Å². The summed E-state index contributed by atoms with van der Waals surface area (Å²) in [5.74, 6) is -1.82. The number of thiocarbonyl (C=S) groups is 1. The Labute approximate surface area is 74.1 Å². The van der Waals surface area contributed by atoms with E-state index in [1.165, 1.54) is 0 Å². The fourth-order valence-electron chi connectivity index (χ4n) is 0.481. The maximum atomic E-state index is 10.6. The van der Waals surface area contributed by atoms with Gasteiger partial charge in [0.2, 0.25) is 0 Å². The number of hydrazine groups is 1. The number of carboxylic acids is 1. The molecule has 0 amide bonds. The highest BCUT2D eigenvalue weighted by atomic mass is 32.1. The third kappa shape index (κ3) is 3.84. The summed E-state index contributed by atoms with van der Waals surface area (Å²) in [7, 11) is 0. The van der Waals surface area contributed by atoms with Crippen molar-refractivity contribution in [1.82, 2.24) is 10.9 Å². The second kappa shape index (κ2) is 4.62. The third-order valence-corrected chi connectivity index (χ3v) is 1.10. The average Bonchev–Trinajstić information content (AvgIpc) is 1.84. The zero-order chi connectivity index (χ0) is 9.72. The molecule has 68 valence electrons. The summed E-state index contributed by atoms with van der Waals surface area (Å²) in [5, 5.41) is 8.33. The Kier molecular flexibility index (Phi) is 4.16. The molecule has 0 aliphatic rings. The number of ketones is 1. The van der Waals surface area contributed by atoms with Crippen LogP contribution in [0.5, 0.6) is 0 Å². The van der Waals surface area contributed by atoms with Crippen LogP contribution in [-0.2, 0) is 9.59 Å². The molecule has 0 heterocycles. The largest absolute Gasteiger partial charge is 0.480 e. The lowest BCUT2D eigenvalue weighted by Crippen LogP contribution is -2.52. The summed E-state index contributed by atoms with van der Waals surface area (Å²) in [6.07, 6.45) is 0. The molecular weight excluding hydrogens is 182 g/mol. The maximum Gasteiger partial charge on any atom is 0.330 e. The van der Waals surface area contributed by atoms with Crippen molar-refractivity contribution in [2.24, 2.45) is 5.73 Å². The standard InChI is InChI=1S/C5H9N3O3S/c1-2(9)3(4(10)11)7-8-5(6)12/h3,7H,1H3,(H,10,11)(H3,6,8,12). The first-order valence-electron chi connectivity index (χ1n) is 2.99. The van der Waals surface area contributed by atoms with Gasteiger partial charge in [0.1, 0.15) is 0 Å². The Bertz CT molecular complexity index is 204. The number of carbonyl (C=O) groups is 2. The number of Topliss-reactive ketones (excluding diaryl/α,β-unsaturated/α-hetero) is 1. The van der Waals surface area contributed by atoms with Gasteiger partial charge >= 0.3 is 5.97 Å². The van der Waals surface area contributed by atoms with E-state index in [9.17, 15) is 9.59 Å². The van der Waals surface area contributed by atoms with Crippen LogP contribution >= 0.6 is 12.2 Å². The minimum Gasteiger partial charge on any atom is -0.480 e. The summed E-state index contributed by atoms with van der Waals surface area (Å²) in [4.78, 5) is 21.0. The van der Waals surface area contributed by atoms with Gasteiger partial charge in [-0.3, -0.25) is 10.2 Å². The molecule has 1 atom stereocenters. The summed E-state index contributed by atoms with van der Waals surface area (Å²) in [6.45, 7) is 1.15. The molecule has 0 aromatic rings. The van der Waals surface area contributed by atoms with Gasteiger partial charge in [-0.15, -0.1) is 0 Å². The molecular formula is C5H9N3O3S. The van der Waals surface area contributed by atoms with Crippen LogP contribution in [0.15, 0.2) is 0 Å². The number of hydrogen-bond acceptors (Lipinski definition) is 4. The molecule has 0 rings (SSSR count). The monoisotopic (exact) mass is 191 g/mol. The lowest BCUT2D eigenvalue weighted by Gasteiger charge is -2.11. The van der Waals surface area contributed by atoms with Crippen LogP contribution < -0.4 is 16.6 Å². The van der Waals surface area contributed by atoms with E-state index in [-0.39, 0.29) is 5.11 Å². The molecule has 0 aliphatic heterocycles. The summed E-state index contributed by atoms with van der Waals surface area (Å²) in [6, 6.07) is -1.33. The number of carbonyl (C=O) groups excluding carboxylic acids is 1. The molecule has 0 saturated heterocycles. The predicted octanol–water partition coefficient (Wildman–Crippen LogP) is -1.63. The lowest BCUT2D eigenvalue weighted by atomic mass is 10.2. The molecule has 0 bridgehead atoms. The van der Waals surface area contributed by atoms with Gasteiger partial charge in [0.25, 0.3) is 0 Å². The van der Waals surface area contributed by atoms with E-state index in [0.29, 0.717) is 0 Å². The molecule has 0 radical (unpaired) electrons. The second-order valence-corrected chi connectivity index (χ2v) is 2.46. The summed E-state index contributed by atoms with van der Waals surface area (Å²) >= 11 is 4.39. The van der Waals surface area contributed by atoms with E-state index < -0.39 is 17.8 Å². The van der Waals surface area contributed by atoms with Crippen LogP contribution in [0.2, 0.25) is 0 Å². The van der Waals surface area contributed by atoms with Crippen molar-refractivity contribution >= 4 is 29.1 Å². The van der Waals surface area contributed by atoms with E-state index in [1.807, 2.05) is 0 Å². The predicted molar refractivity (Wildman–Crippen MR) is 45.2 cm³/mol. The lowest BCUT2D eigenvalue weighted by molar-refractivity contribution is -0.143. The van der Waals surface area contributed by atoms with Crippen LogP contribution in [0.3, 0.4) is 0 Å². The number of aliphatic carboxylic acids is 1. The SMILES string of the molecule is CC(=O)C(NNC(N)=S)C(=O)O. The Morgan fingerprint density at radius 1 is 1.58 bits per heavy atom. The smallest absolute Gasteiger partial charge is 0.330 e. The second-order valence-electron chi connectivity index (χ2n) is 2.02. The minimum atomic E-state index is -1.33. The number of carboxylic acid groups (broad SMARTS) is 1. The first-order chi connectivity index (χ1) is 5.45. The molecule has 0 aliphatic carbocycles. The van der Waals surface area contributed by atoms with E-state index in [2.05, 4.69) is 23.1 Å². The number of hydrogen-bond donors (Lipinski definition) is 4. The van der Waals surface area contributed by atoms with Crippen LogP contribution in [0.1, 0.15) is 6.92 Å². The van der Waals surface area contributed by atoms with Gasteiger partial charge in [-0.1, -0.05) is 0 Å². The zero-order valence-electron chi connectivity index (χ0n) is 6.33. The van der Waals surface area contributed by atoms with E-state index >= 15 is 0 Å². The molecule has 0 aromatic carbocycles. The van der Waals surface area contributed by atoms with Crippen molar-refractivity contribution in [3.05, 3.63) is 0 Å². The normalized spacial score (nSPS) is 11.8. The van der Waals surface area contributed by atoms with Crippen molar-refractivity contribution in [3.8, 4) is 0 Å². The van der Waals surface area contributed by atoms with E-state index in [1.54, 1.807) is 0 Å². The molecule has 5 N–H and O–H groups in total. The summed E-state index contributed by atoms with van der Waals surface area (Å²) < 4.78 is 0. The van der Waals surface area contributed by atoms with Gasteiger partial charge in [-0.05, 0) is 19.1 Å². The van der Waals surface area contributed by atoms with Crippen LogP contribution in [0, 0.1) is 0 Å². The average molecular weight is 191 g/mol. The van der Waals surface area contributed by atoms with Crippen LogP contribution in [-0.4, -0.2) is 28.0 Å². The molecule has 0 fully saturated rings. The van der Waals surface area contributed by atoms with Gasteiger partial charge < -0.3 is 10.8 Å². The fourth-order valence-corrected chi connectivity index (χ4v) is 0.539. The molecule has 0 saturated carbocycles. The third-order valence-electron chi connectivity index (χ3n) is 0.993. The minimum absolute atomic E-state index is 0.123. The Morgan fingerprint density at radius 3 is 2.33 bits per heavy atom. The maximum absolute atomic E-state index is 10.6. The topological polar surface area (TPSA) is 104 Å². The highest BCUT2D eigenvalue weighted by molar-refractivity contribution is 7.80. The number of nitrogens with two attached hydrogens (primary N) is 1. The summed E-state index contributed by atoms with van der Waals surface area (Å²) in [5.41, 5.74) is 9.31. The molecule has 0 aromatic heterocycles. The van der Waals surface area contributed by atoms with Gasteiger partial charge in [0.15, 0.2) is 16.9 Å². The van der Waals surface area contributed by atoms with Crippen molar-refractivity contribution < 1.29 is 14.7 Å². The van der Waals surface area contributed by atoms with Gasteiger partial charge in [-0.25, -0.2) is 10.2 Å². The first-order valence-corrected chi connectivity index (χ1v) is 3.40. The first kappa shape index (κ1) is 10.8. The molecule has 1 unspecified atom stereocenters. The quantitative estimate of drug-likeness (QED) is 0.240. The Hall–Kier alpha value is -1.21. The number of nitrogens with one attached hydrogen (secondary N) is 2. The van der Waals surface area contributed by atoms with Crippen molar-refractivity contribution in [2.45, 2.75) is 13.0 Å². The molecule has 7 heteroatoms. The van der Waals surface area contributed by atoms with Crippen molar-refractivity contribution in [3.63, 3.8) is 0 Å². The number of rotatable bonds is 4. The van der Waals surface area contributed by atoms with Crippen molar-refractivity contribution in [2.75, 3.05) is 0 Å². The molecule has 12 heavy (non-hydrogen) atoms. The van der Waals surface area contributed by atoms with Gasteiger partial charge in [-0.2, -0.15) is 0 Å². The van der Waals surface area contributed by atoms with Crippen LogP contribution in [0.4, 0.5) is 0 Å². The van der Waals surface area contributed by atoms with Crippen molar-refractivity contribution in [1.29, 1.82) is 0 Å². The van der Waals surface area contributed by atoms with Gasteiger partial charge in [0, 0.05) is 0 Å². The molecule has 6 nitrogen and oxygen atoms in total. The fraction of sp³-hybridized carbons (Fsp3) is 0.400. The highest BCUT2D eigenvalue weighted by Gasteiger charge is 2.21.